The topological polar surface area (TPSA) is 84.9 Å². The fourth-order valence-corrected chi connectivity index (χ4v) is 3.27. The summed E-state index contributed by atoms with van der Waals surface area (Å²) in [5.74, 6) is 0.932. The van der Waals surface area contributed by atoms with Crippen molar-refractivity contribution in [3.8, 4) is 11.5 Å². The minimum absolute atomic E-state index is 0.111. The number of benzene rings is 2. The van der Waals surface area contributed by atoms with Crippen molar-refractivity contribution < 1.29 is 22.7 Å². The first-order valence-electron chi connectivity index (χ1n) is 7.77. The monoisotopic (exact) mass is 374 g/mol. The number of amides is 1. The minimum Gasteiger partial charge on any atom is -0.454 e. The summed E-state index contributed by atoms with van der Waals surface area (Å²) < 4.78 is 35.9. The highest BCUT2D eigenvalue weighted by molar-refractivity contribution is 7.89. The third kappa shape index (κ3) is 3.87. The van der Waals surface area contributed by atoms with E-state index in [0.29, 0.717) is 17.2 Å². The normalized spacial score (nSPS) is 13.3. The van der Waals surface area contributed by atoms with Gasteiger partial charge in [-0.15, -0.1) is 0 Å². The van der Waals surface area contributed by atoms with Crippen molar-refractivity contribution in [2.24, 2.45) is 0 Å². The first-order chi connectivity index (χ1) is 12.4. The minimum atomic E-state index is -3.56. The van der Waals surface area contributed by atoms with Gasteiger partial charge in [-0.25, -0.2) is 12.7 Å². The molecule has 136 valence electrons. The van der Waals surface area contributed by atoms with Crippen molar-refractivity contribution in [3.63, 3.8) is 0 Å². The van der Waals surface area contributed by atoms with Crippen LogP contribution in [0.2, 0.25) is 0 Å². The summed E-state index contributed by atoms with van der Waals surface area (Å²) in [6.45, 7) is 0.190. The van der Waals surface area contributed by atoms with Gasteiger partial charge >= 0.3 is 0 Å². The van der Waals surface area contributed by atoms with Gasteiger partial charge in [-0.05, 0) is 42.0 Å². The summed E-state index contributed by atoms with van der Waals surface area (Å²) in [6, 6.07) is 11.5. The van der Waals surface area contributed by atoms with Crippen LogP contribution in [0.5, 0.6) is 11.5 Å². The number of anilines is 1. The van der Waals surface area contributed by atoms with Crippen molar-refractivity contribution in [1.29, 1.82) is 0 Å². The molecular formula is C18H18N2O5S. The molecule has 0 radical (unpaired) electrons. The van der Waals surface area contributed by atoms with Crippen molar-refractivity contribution in [1.82, 2.24) is 4.31 Å². The van der Waals surface area contributed by atoms with Crippen LogP contribution in [0.15, 0.2) is 53.4 Å². The predicted octanol–water partition coefficient (Wildman–Crippen LogP) is 2.32. The molecule has 0 bridgehead atoms. The van der Waals surface area contributed by atoms with Crippen LogP contribution in [-0.4, -0.2) is 39.5 Å². The number of sulfonamides is 1. The molecular weight excluding hydrogens is 356 g/mol. The van der Waals surface area contributed by atoms with Gasteiger partial charge in [-0.1, -0.05) is 12.1 Å². The number of carbonyl (C=O) groups excluding carboxylic acids is 1. The van der Waals surface area contributed by atoms with E-state index in [4.69, 9.17) is 9.47 Å². The molecule has 0 saturated carbocycles. The quantitative estimate of drug-likeness (QED) is 0.812. The fourth-order valence-electron chi connectivity index (χ4n) is 2.32. The van der Waals surface area contributed by atoms with Gasteiger partial charge in [-0.2, -0.15) is 0 Å². The summed E-state index contributed by atoms with van der Waals surface area (Å²) in [5.41, 5.74) is 1.18. The molecule has 1 amide bonds. The molecule has 3 rings (SSSR count). The van der Waals surface area contributed by atoms with Crippen molar-refractivity contribution >= 4 is 27.7 Å². The van der Waals surface area contributed by atoms with Gasteiger partial charge < -0.3 is 14.8 Å². The maximum atomic E-state index is 12.2. The van der Waals surface area contributed by atoms with Gasteiger partial charge in [0.25, 0.3) is 0 Å². The van der Waals surface area contributed by atoms with Crippen LogP contribution in [0, 0.1) is 0 Å². The second-order valence-corrected chi connectivity index (χ2v) is 7.90. The highest BCUT2D eigenvalue weighted by Gasteiger charge is 2.17. The second-order valence-electron chi connectivity index (χ2n) is 5.75. The Labute approximate surface area is 151 Å². The van der Waals surface area contributed by atoms with Gasteiger partial charge in [0.2, 0.25) is 22.7 Å². The Morgan fingerprint density at radius 1 is 1.12 bits per heavy atom. The van der Waals surface area contributed by atoms with Gasteiger partial charge in [0.1, 0.15) is 0 Å². The Hall–Kier alpha value is -2.84. The molecule has 7 nitrogen and oxygen atoms in total. The van der Waals surface area contributed by atoms with E-state index in [-0.39, 0.29) is 17.6 Å². The number of carbonyl (C=O) groups is 1. The number of rotatable bonds is 5. The molecule has 26 heavy (non-hydrogen) atoms. The van der Waals surface area contributed by atoms with E-state index in [1.54, 1.807) is 30.3 Å². The van der Waals surface area contributed by atoms with Crippen molar-refractivity contribution in [2.75, 3.05) is 26.2 Å². The maximum Gasteiger partial charge on any atom is 0.248 e. The molecule has 0 atom stereocenters. The van der Waals surface area contributed by atoms with Crippen molar-refractivity contribution in [2.45, 2.75) is 4.90 Å². The molecule has 0 saturated heterocycles. The average molecular weight is 374 g/mol. The van der Waals surface area contributed by atoms with Gasteiger partial charge in [0.05, 0.1) is 4.90 Å². The number of hydrogen-bond acceptors (Lipinski definition) is 5. The average Bonchev–Trinajstić information content (AvgIpc) is 3.08. The lowest BCUT2D eigenvalue weighted by atomic mass is 10.2. The van der Waals surface area contributed by atoms with E-state index in [2.05, 4.69) is 5.32 Å². The van der Waals surface area contributed by atoms with Crippen LogP contribution >= 0.6 is 0 Å². The number of hydrogen-bond donors (Lipinski definition) is 1. The Kier molecular flexibility index (Phi) is 4.97. The van der Waals surface area contributed by atoms with Gasteiger partial charge in [-0.3, -0.25) is 4.79 Å². The smallest absolute Gasteiger partial charge is 0.248 e. The largest absolute Gasteiger partial charge is 0.454 e. The lowest BCUT2D eigenvalue weighted by Gasteiger charge is -2.12. The van der Waals surface area contributed by atoms with Crippen molar-refractivity contribution in [3.05, 3.63) is 54.1 Å². The zero-order valence-corrected chi connectivity index (χ0v) is 15.1. The van der Waals surface area contributed by atoms with Crippen LogP contribution in [0.4, 0.5) is 5.69 Å². The number of fused-ring (bicyclic) bond motifs is 1. The molecule has 0 aliphatic carbocycles. The molecule has 0 unspecified atom stereocenters. The molecule has 0 aromatic heterocycles. The summed E-state index contributed by atoms with van der Waals surface area (Å²) >= 11 is 0. The first-order valence-corrected chi connectivity index (χ1v) is 9.21. The number of ether oxygens (including phenoxy) is 2. The van der Waals surface area contributed by atoms with E-state index in [0.717, 1.165) is 9.87 Å². The van der Waals surface area contributed by atoms with E-state index in [1.165, 1.54) is 32.3 Å². The Balaban J connectivity index is 1.70. The zero-order valence-electron chi connectivity index (χ0n) is 14.3. The van der Waals surface area contributed by atoms with Crippen LogP contribution < -0.4 is 14.8 Å². The second kappa shape index (κ2) is 7.19. The zero-order chi connectivity index (χ0) is 18.7. The Morgan fingerprint density at radius 2 is 1.88 bits per heavy atom. The van der Waals surface area contributed by atoms with Crippen LogP contribution in [0.25, 0.3) is 6.08 Å². The van der Waals surface area contributed by atoms with E-state index >= 15 is 0 Å². The Morgan fingerprint density at radius 3 is 2.65 bits per heavy atom. The first kappa shape index (κ1) is 18.0. The summed E-state index contributed by atoms with van der Waals surface area (Å²) in [7, 11) is -0.652. The predicted molar refractivity (Wildman–Crippen MR) is 97.5 cm³/mol. The highest BCUT2D eigenvalue weighted by Crippen LogP contribution is 2.32. The SMILES string of the molecule is CN(C)S(=O)(=O)c1cccc(NC(=O)/C=C/c2ccc3c(c2)OCO3)c1. The number of nitrogens with zero attached hydrogens (tertiary/aromatic N) is 1. The van der Waals surface area contributed by atoms with Crippen LogP contribution in [0.3, 0.4) is 0 Å². The maximum absolute atomic E-state index is 12.2. The standard InChI is InChI=1S/C18H18N2O5S/c1-20(2)26(22,23)15-5-3-4-14(11-15)19-18(21)9-7-13-6-8-16-17(10-13)25-12-24-16/h3-11H,12H2,1-2H3,(H,19,21)/b9-7+. The van der Waals surface area contributed by atoms with Crippen LogP contribution in [0.1, 0.15) is 5.56 Å². The summed E-state index contributed by atoms with van der Waals surface area (Å²) in [5, 5.41) is 2.65. The molecule has 1 heterocycles. The molecule has 2 aromatic rings. The molecule has 2 aromatic carbocycles. The third-order valence-corrected chi connectivity index (χ3v) is 5.52. The highest BCUT2D eigenvalue weighted by atomic mass is 32.2. The Bertz CT molecular complexity index is 967. The summed E-state index contributed by atoms with van der Waals surface area (Å²) in [6.07, 6.45) is 3.00. The molecule has 0 spiro atoms. The number of nitrogens with one attached hydrogen (secondary N) is 1. The molecule has 1 N–H and O–H groups in total. The molecule has 8 heteroatoms. The molecule has 0 fully saturated rings. The molecule has 1 aliphatic rings. The van der Waals surface area contributed by atoms with Gasteiger partial charge in [0.15, 0.2) is 11.5 Å². The third-order valence-electron chi connectivity index (χ3n) is 3.70. The van der Waals surface area contributed by atoms with Crippen LogP contribution in [-0.2, 0) is 14.8 Å². The lowest BCUT2D eigenvalue weighted by molar-refractivity contribution is -0.111. The fraction of sp³-hybridized carbons (Fsp3) is 0.167. The summed E-state index contributed by atoms with van der Waals surface area (Å²) in [4.78, 5) is 12.2. The lowest BCUT2D eigenvalue weighted by Crippen LogP contribution is -2.22. The van der Waals surface area contributed by atoms with E-state index in [9.17, 15) is 13.2 Å². The van der Waals surface area contributed by atoms with E-state index in [1.807, 2.05) is 6.07 Å². The van der Waals surface area contributed by atoms with E-state index < -0.39 is 10.0 Å². The van der Waals surface area contributed by atoms with Gasteiger partial charge in [0, 0.05) is 25.9 Å². The molecule has 1 aliphatic heterocycles.